The average molecular weight is 341 g/mol. The molecule has 0 unspecified atom stereocenters. The molecule has 2 rings (SSSR count). The van der Waals surface area contributed by atoms with E-state index in [1.54, 1.807) is 18.2 Å². The zero-order valence-electron chi connectivity index (χ0n) is 9.97. The lowest BCUT2D eigenvalue weighted by Crippen LogP contribution is -2.22. The normalized spacial score (nSPS) is 15.9. The molecule has 20 heavy (non-hydrogen) atoms. The first-order chi connectivity index (χ1) is 9.45. The summed E-state index contributed by atoms with van der Waals surface area (Å²) in [5, 5.41) is 13.0. The number of aliphatic carboxylic acids is 1. The number of carboxylic acids is 1. The van der Waals surface area contributed by atoms with Crippen molar-refractivity contribution in [2.45, 2.75) is 0 Å². The molecule has 1 aliphatic rings. The molecular weight excluding hydrogens is 332 g/mol. The molecule has 8 heteroatoms. The number of imide groups is 1. The van der Waals surface area contributed by atoms with E-state index in [0.717, 1.165) is 0 Å². The fourth-order valence-corrected chi connectivity index (χ4v) is 2.02. The molecule has 104 valence electrons. The van der Waals surface area contributed by atoms with Crippen LogP contribution in [0, 0.1) is 0 Å². The summed E-state index contributed by atoms with van der Waals surface area (Å²) in [6, 6.07) is 4.27. The van der Waals surface area contributed by atoms with Crippen molar-refractivity contribution in [2.24, 2.45) is 0 Å². The van der Waals surface area contributed by atoms with Crippen LogP contribution in [0.2, 0.25) is 0 Å². The van der Waals surface area contributed by atoms with Crippen LogP contribution >= 0.6 is 15.9 Å². The van der Waals surface area contributed by atoms with Crippen LogP contribution < -0.4 is 15.4 Å². The predicted molar refractivity (Wildman–Crippen MR) is 71.9 cm³/mol. The highest BCUT2D eigenvalue weighted by atomic mass is 79.9. The smallest absolute Gasteiger partial charge is 0.341 e. The first-order valence-electron chi connectivity index (χ1n) is 5.44. The summed E-state index contributed by atoms with van der Waals surface area (Å²) in [5.41, 5.74) is 0.785. The standard InChI is InChI=1S/C12H9BrN2O5/c13-7-3-6(1-2-9(7)20-5-10(16)17)4-8-11(18)15-12(19)14-8/h1-4H,5H2,(H,16,17)(H2,14,15,18,19)/b8-4+. The van der Waals surface area contributed by atoms with Crippen LogP contribution in [-0.4, -0.2) is 29.6 Å². The summed E-state index contributed by atoms with van der Waals surface area (Å²) in [4.78, 5) is 32.7. The number of halogens is 1. The number of carboxylic acid groups (broad SMARTS) is 1. The van der Waals surface area contributed by atoms with Gasteiger partial charge in [-0.25, -0.2) is 9.59 Å². The van der Waals surface area contributed by atoms with Gasteiger partial charge in [0, 0.05) is 0 Å². The molecule has 0 saturated carbocycles. The highest BCUT2D eigenvalue weighted by Crippen LogP contribution is 2.27. The topological polar surface area (TPSA) is 105 Å². The van der Waals surface area contributed by atoms with Crippen molar-refractivity contribution in [3.63, 3.8) is 0 Å². The number of ether oxygens (including phenoxy) is 1. The third kappa shape index (κ3) is 3.35. The van der Waals surface area contributed by atoms with E-state index >= 15 is 0 Å². The second kappa shape index (κ2) is 5.74. The molecule has 0 aromatic heterocycles. The Morgan fingerprint density at radius 2 is 2.10 bits per heavy atom. The number of nitrogens with one attached hydrogen (secondary N) is 2. The minimum Gasteiger partial charge on any atom is -0.481 e. The molecule has 0 aliphatic carbocycles. The number of benzene rings is 1. The fraction of sp³-hybridized carbons (Fsp3) is 0.0833. The van der Waals surface area contributed by atoms with Crippen LogP contribution in [0.25, 0.3) is 6.08 Å². The quantitative estimate of drug-likeness (QED) is 0.562. The highest BCUT2D eigenvalue weighted by Gasteiger charge is 2.22. The summed E-state index contributed by atoms with van der Waals surface area (Å²) in [6.07, 6.45) is 1.49. The van der Waals surface area contributed by atoms with Crippen LogP contribution in [0.4, 0.5) is 4.79 Å². The first kappa shape index (κ1) is 14.1. The molecule has 0 spiro atoms. The van der Waals surface area contributed by atoms with Gasteiger partial charge in [-0.1, -0.05) is 6.07 Å². The van der Waals surface area contributed by atoms with Gasteiger partial charge in [0.2, 0.25) is 0 Å². The van der Waals surface area contributed by atoms with Gasteiger partial charge in [0.15, 0.2) is 6.61 Å². The lowest BCUT2D eigenvalue weighted by Gasteiger charge is -2.06. The van der Waals surface area contributed by atoms with Crippen molar-refractivity contribution in [3.8, 4) is 5.75 Å². The first-order valence-corrected chi connectivity index (χ1v) is 6.23. The van der Waals surface area contributed by atoms with Crippen LogP contribution in [0.5, 0.6) is 5.75 Å². The Morgan fingerprint density at radius 1 is 1.35 bits per heavy atom. The molecule has 1 fully saturated rings. The Morgan fingerprint density at radius 3 is 2.65 bits per heavy atom. The van der Waals surface area contributed by atoms with Crippen LogP contribution in [0.15, 0.2) is 28.4 Å². The maximum atomic E-state index is 11.4. The second-order valence-corrected chi connectivity index (χ2v) is 4.69. The molecule has 1 saturated heterocycles. The molecule has 1 aromatic rings. The predicted octanol–water partition coefficient (Wildman–Crippen LogP) is 1.09. The molecule has 0 radical (unpaired) electrons. The summed E-state index contributed by atoms with van der Waals surface area (Å²) >= 11 is 3.24. The summed E-state index contributed by atoms with van der Waals surface area (Å²) in [7, 11) is 0. The molecule has 3 amide bonds. The van der Waals surface area contributed by atoms with Crippen LogP contribution in [0.1, 0.15) is 5.56 Å². The minimum absolute atomic E-state index is 0.140. The van der Waals surface area contributed by atoms with Gasteiger partial charge in [0.25, 0.3) is 5.91 Å². The number of hydrogen-bond acceptors (Lipinski definition) is 4. The molecule has 0 atom stereocenters. The lowest BCUT2D eigenvalue weighted by atomic mass is 10.2. The van der Waals surface area contributed by atoms with Crippen molar-refractivity contribution in [1.82, 2.24) is 10.6 Å². The Bertz CT molecular complexity index is 626. The Hall–Kier alpha value is -2.35. The van der Waals surface area contributed by atoms with Gasteiger partial charge in [0.1, 0.15) is 11.4 Å². The largest absolute Gasteiger partial charge is 0.481 e. The number of hydrogen-bond donors (Lipinski definition) is 3. The van der Waals surface area contributed by atoms with E-state index in [9.17, 15) is 14.4 Å². The van der Waals surface area contributed by atoms with E-state index in [-0.39, 0.29) is 5.70 Å². The Labute approximate surface area is 121 Å². The molecular formula is C12H9BrN2O5. The zero-order chi connectivity index (χ0) is 14.7. The van der Waals surface area contributed by atoms with Crippen molar-refractivity contribution >= 4 is 39.9 Å². The minimum atomic E-state index is -1.08. The molecule has 1 aromatic carbocycles. The summed E-state index contributed by atoms with van der Waals surface area (Å²) in [6.45, 7) is -0.447. The second-order valence-electron chi connectivity index (χ2n) is 3.84. The van der Waals surface area contributed by atoms with E-state index in [4.69, 9.17) is 9.84 Å². The average Bonchev–Trinajstić information content (AvgIpc) is 2.66. The van der Waals surface area contributed by atoms with Crippen LogP contribution in [-0.2, 0) is 9.59 Å². The number of carbonyl (C=O) groups excluding carboxylic acids is 2. The van der Waals surface area contributed by atoms with Crippen molar-refractivity contribution in [3.05, 3.63) is 33.9 Å². The van der Waals surface area contributed by atoms with Gasteiger partial charge in [-0.3, -0.25) is 10.1 Å². The molecule has 1 aliphatic heterocycles. The number of amides is 3. The molecule has 1 heterocycles. The van der Waals surface area contributed by atoms with Gasteiger partial charge < -0.3 is 15.2 Å². The van der Waals surface area contributed by atoms with Crippen molar-refractivity contribution in [2.75, 3.05) is 6.61 Å². The summed E-state index contributed by atoms with van der Waals surface area (Å²) in [5.74, 6) is -1.21. The van der Waals surface area contributed by atoms with Crippen LogP contribution in [0.3, 0.4) is 0 Å². The zero-order valence-corrected chi connectivity index (χ0v) is 11.6. The van der Waals surface area contributed by atoms with E-state index in [1.807, 2.05) is 0 Å². The van der Waals surface area contributed by atoms with Crippen molar-refractivity contribution in [1.29, 1.82) is 0 Å². The van der Waals surface area contributed by atoms with E-state index in [1.165, 1.54) is 6.08 Å². The molecule has 7 nitrogen and oxygen atoms in total. The van der Waals surface area contributed by atoms with Crippen molar-refractivity contribution < 1.29 is 24.2 Å². The van der Waals surface area contributed by atoms with E-state index < -0.39 is 24.5 Å². The Kier molecular flexibility index (Phi) is 4.04. The maximum Gasteiger partial charge on any atom is 0.341 e. The number of rotatable bonds is 4. The lowest BCUT2D eigenvalue weighted by molar-refractivity contribution is -0.139. The Balaban J connectivity index is 2.17. The third-order valence-electron chi connectivity index (χ3n) is 2.34. The van der Waals surface area contributed by atoms with Gasteiger partial charge in [0.05, 0.1) is 4.47 Å². The van der Waals surface area contributed by atoms with Gasteiger partial charge in [-0.05, 0) is 39.7 Å². The van der Waals surface area contributed by atoms with Gasteiger partial charge >= 0.3 is 12.0 Å². The maximum absolute atomic E-state index is 11.4. The number of urea groups is 1. The summed E-state index contributed by atoms with van der Waals surface area (Å²) < 4.78 is 5.58. The molecule has 0 bridgehead atoms. The third-order valence-corrected chi connectivity index (χ3v) is 2.96. The fourth-order valence-electron chi connectivity index (χ4n) is 1.51. The van der Waals surface area contributed by atoms with E-state index in [2.05, 4.69) is 26.6 Å². The highest BCUT2D eigenvalue weighted by molar-refractivity contribution is 9.10. The monoisotopic (exact) mass is 340 g/mol. The van der Waals surface area contributed by atoms with Gasteiger partial charge in [-0.2, -0.15) is 0 Å². The van der Waals surface area contributed by atoms with Gasteiger partial charge in [-0.15, -0.1) is 0 Å². The van der Waals surface area contributed by atoms with E-state index in [0.29, 0.717) is 15.8 Å². The SMILES string of the molecule is O=C(O)COc1ccc(/C=C2/NC(=O)NC2=O)cc1Br. The number of carbonyl (C=O) groups is 3. The molecule has 3 N–H and O–H groups in total.